The molecule has 1 aliphatic rings. The molecule has 1 atom stereocenters. The summed E-state index contributed by atoms with van der Waals surface area (Å²) in [6, 6.07) is 12.3. The van der Waals surface area contributed by atoms with Gasteiger partial charge in [-0.2, -0.15) is 0 Å². The van der Waals surface area contributed by atoms with Crippen LogP contribution in [-0.4, -0.2) is 38.3 Å². The number of nitrogens with one attached hydrogen (secondary N) is 1. The first-order chi connectivity index (χ1) is 14.8. The van der Waals surface area contributed by atoms with E-state index in [1.165, 1.54) is 4.31 Å². The summed E-state index contributed by atoms with van der Waals surface area (Å²) < 4.78 is 32.7. The van der Waals surface area contributed by atoms with Gasteiger partial charge in [0.2, 0.25) is 15.9 Å². The molecule has 9 heteroatoms. The van der Waals surface area contributed by atoms with Crippen LogP contribution in [0, 0.1) is 5.92 Å². The summed E-state index contributed by atoms with van der Waals surface area (Å²) in [7, 11) is -3.58. The number of ether oxygens (including phenoxy) is 1. The van der Waals surface area contributed by atoms with Crippen molar-refractivity contribution in [3.05, 3.63) is 63.6 Å². The molecule has 2 aromatic carbocycles. The molecular formula is C22H26Cl2N2O4S. The summed E-state index contributed by atoms with van der Waals surface area (Å²) in [4.78, 5) is 12.7. The van der Waals surface area contributed by atoms with Crippen molar-refractivity contribution in [3.63, 3.8) is 0 Å². The molecule has 1 amide bonds. The first-order valence-electron chi connectivity index (χ1n) is 10.2. The quantitative estimate of drug-likeness (QED) is 0.607. The van der Waals surface area contributed by atoms with E-state index in [-0.39, 0.29) is 24.1 Å². The highest BCUT2D eigenvalue weighted by Crippen LogP contribution is 2.26. The molecule has 0 radical (unpaired) electrons. The molecule has 0 bridgehead atoms. The third kappa shape index (κ3) is 6.59. The van der Waals surface area contributed by atoms with E-state index in [4.69, 9.17) is 27.9 Å². The molecule has 0 aliphatic carbocycles. The third-order valence-corrected chi connectivity index (χ3v) is 7.71. The molecule has 31 heavy (non-hydrogen) atoms. The number of hydrogen-bond donors (Lipinski definition) is 1. The van der Waals surface area contributed by atoms with E-state index in [9.17, 15) is 13.2 Å². The van der Waals surface area contributed by atoms with Crippen LogP contribution in [0.5, 0.6) is 5.75 Å². The van der Waals surface area contributed by atoms with Gasteiger partial charge < -0.3 is 10.1 Å². The van der Waals surface area contributed by atoms with E-state index in [0.717, 1.165) is 11.3 Å². The average molecular weight is 485 g/mol. The number of rotatable bonds is 8. The number of hydrogen-bond acceptors (Lipinski definition) is 4. The molecule has 1 aliphatic heterocycles. The molecule has 1 fully saturated rings. The Morgan fingerprint density at radius 2 is 1.97 bits per heavy atom. The fourth-order valence-electron chi connectivity index (χ4n) is 3.59. The maximum Gasteiger partial charge on any atom is 0.224 e. The molecule has 0 saturated carbocycles. The molecule has 0 unspecified atom stereocenters. The van der Waals surface area contributed by atoms with E-state index in [2.05, 4.69) is 5.32 Å². The second-order valence-corrected chi connectivity index (χ2v) is 10.3. The average Bonchev–Trinajstić information content (AvgIpc) is 2.75. The second-order valence-electron chi connectivity index (χ2n) is 7.50. The van der Waals surface area contributed by atoms with Crippen LogP contribution in [0.15, 0.2) is 42.5 Å². The number of nitrogens with zero attached hydrogens (tertiary/aromatic N) is 1. The van der Waals surface area contributed by atoms with Crippen molar-refractivity contribution in [2.24, 2.45) is 5.92 Å². The number of carbonyl (C=O) groups is 1. The minimum absolute atomic E-state index is 0.142. The normalized spacial score (nSPS) is 17.3. The van der Waals surface area contributed by atoms with Crippen LogP contribution in [0.3, 0.4) is 0 Å². The zero-order valence-corrected chi connectivity index (χ0v) is 19.6. The van der Waals surface area contributed by atoms with Crippen LogP contribution in [0.2, 0.25) is 10.0 Å². The summed E-state index contributed by atoms with van der Waals surface area (Å²) in [6.07, 6.45) is 1.29. The lowest BCUT2D eigenvalue weighted by Gasteiger charge is -2.31. The predicted octanol–water partition coefficient (Wildman–Crippen LogP) is 4.25. The largest absolute Gasteiger partial charge is 0.494 e. The Morgan fingerprint density at radius 1 is 1.16 bits per heavy atom. The Labute approximate surface area is 193 Å². The van der Waals surface area contributed by atoms with Gasteiger partial charge in [0.15, 0.2) is 0 Å². The van der Waals surface area contributed by atoms with Gasteiger partial charge in [-0.15, -0.1) is 0 Å². The monoisotopic (exact) mass is 484 g/mol. The van der Waals surface area contributed by atoms with Crippen molar-refractivity contribution in [1.29, 1.82) is 0 Å². The van der Waals surface area contributed by atoms with Gasteiger partial charge in [0.25, 0.3) is 0 Å². The van der Waals surface area contributed by atoms with Crippen LogP contribution in [0.25, 0.3) is 0 Å². The first kappa shape index (κ1) is 23.9. The lowest BCUT2D eigenvalue weighted by Crippen LogP contribution is -2.45. The molecule has 6 nitrogen and oxygen atoms in total. The topological polar surface area (TPSA) is 75.7 Å². The van der Waals surface area contributed by atoms with Crippen LogP contribution < -0.4 is 10.1 Å². The Bertz CT molecular complexity index is 1030. The van der Waals surface area contributed by atoms with Gasteiger partial charge in [-0.3, -0.25) is 4.79 Å². The van der Waals surface area contributed by atoms with Crippen molar-refractivity contribution in [2.75, 3.05) is 19.7 Å². The standard InChI is InChI=1S/C22H26Cl2N2O4S/c1-2-30-19-7-3-5-16(11-19)13-25-22(27)18-6-4-10-26(14-18)31(28,29)15-17-8-9-20(23)21(24)12-17/h3,5,7-9,11-12,18H,2,4,6,10,13-15H2,1H3,(H,25,27)/t18-/m1/s1. The minimum Gasteiger partial charge on any atom is -0.494 e. The number of sulfonamides is 1. The van der Waals surface area contributed by atoms with Gasteiger partial charge in [-0.1, -0.05) is 41.4 Å². The van der Waals surface area contributed by atoms with Crippen LogP contribution in [-0.2, 0) is 27.1 Å². The Kier molecular flexibility index (Phi) is 8.22. The summed E-state index contributed by atoms with van der Waals surface area (Å²) in [5.74, 6) is 0.0535. The van der Waals surface area contributed by atoms with Gasteiger partial charge in [0, 0.05) is 19.6 Å². The number of piperidine rings is 1. The summed E-state index contributed by atoms with van der Waals surface area (Å²) in [5, 5.41) is 3.62. The lowest BCUT2D eigenvalue weighted by atomic mass is 9.99. The van der Waals surface area contributed by atoms with Gasteiger partial charge in [0.1, 0.15) is 5.75 Å². The van der Waals surface area contributed by atoms with Crippen molar-refractivity contribution < 1.29 is 17.9 Å². The van der Waals surface area contributed by atoms with E-state index in [1.54, 1.807) is 18.2 Å². The van der Waals surface area contributed by atoms with Crippen molar-refractivity contribution >= 4 is 39.1 Å². The summed E-state index contributed by atoms with van der Waals surface area (Å²) in [6.45, 7) is 3.44. The predicted molar refractivity (Wildman–Crippen MR) is 123 cm³/mol. The van der Waals surface area contributed by atoms with Crippen LogP contribution in [0.1, 0.15) is 30.9 Å². The van der Waals surface area contributed by atoms with Gasteiger partial charge >= 0.3 is 0 Å². The fraction of sp³-hybridized carbons (Fsp3) is 0.409. The number of carbonyl (C=O) groups excluding carboxylic acids is 1. The van der Waals surface area contributed by atoms with Gasteiger partial charge in [-0.25, -0.2) is 12.7 Å². The van der Waals surface area contributed by atoms with E-state index in [1.807, 2.05) is 31.2 Å². The highest BCUT2D eigenvalue weighted by molar-refractivity contribution is 7.88. The molecule has 1 heterocycles. The van der Waals surface area contributed by atoms with Gasteiger partial charge in [-0.05, 0) is 55.2 Å². The van der Waals surface area contributed by atoms with E-state index < -0.39 is 10.0 Å². The zero-order valence-electron chi connectivity index (χ0n) is 17.3. The third-order valence-electron chi connectivity index (χ3n) is 5.16. The smallest absolute Gasteiger partial charge is 0.224 e. The second kappa shape index (κ2) is 10.7. The highest BCUT2D eigenvalue weighted by Gasteiger charge is 2.32. The van der Waals surface area contributed by atoms with Crippen molar-refractivity contribution in [2.45, 2.75) is 32.1 Å². The Balaban J connectivity index is 1.59. The molecule has 1 N–H and O–H groups in total. The molecule has 2 aromatic rings. The van der Waals surface area contributed by atoms with Crippen molar-refractivity contribution in [3.8, 4) is 5.75 Å². The SMILES string of the molecule is CCOc1cccc(CNC(=O)[C@@H]2CCCN(S(=O)(=O)Cc3ccc(Cl)c(Cl)c3)C2)c1. The highest BCUT2D eigenvalue weighted by atomic mass is 35.5. The Morgan fingerprint density at radius 3 is 2.71 bits per heavy atom. The number of halogens is 2. The minimum atomic E-state index is -3.58. The lowest BCUT2D eigenvalue weighted by molar-refractivity contribution is -0.126. The molecular weight excluding hydrogens is 459 g/mol. The van der Waals surface area contributed by atoms with Crippen LogP contribution in [0.4, 0.5) is 0 Å². The van der Waals surface area contributed by atoms with Crippen LogP contribution >= 0.6 is 23.2 Å². The van der Waals surface area contributed by atoms with E-state index in [0.29, 0.717) is 48.1 Å². The first-order valence-corrected chi connectivity index (χ1v) is 12.6. The summed E-state index contributed by atoms with van der Waals surface area (Å²) in [5.41, 5.74) is 1.49. The number of benzene rings is 2. The molecule has 1 saturated heterocycles. The molecule has 0 spiro atoms. The fourth-order valence-corrected chi connectivity index (χ4v) is 5.50. The molecule has 0 aromatic heterocycles. The van der Waals surface area contributed by atoms with E-state index >= 15 is 0 Å². The van der Waals surface area contributed by atoms with Crippen molar-refractivity contribution in [1.82, 2.24) is 9.62 Å². The Hall–Kier alpha value is -1.80. The maximum absolute atomic E-state index is 12.9. The zero-order chi connectivity index (χ0) is 22.4. The summed E-state index contributed by atoms with van der Waals surface area (Å²) >= 11 is 11.9. The number of amides is 1. The molecule has 3 rings (SSSR count). The molecule has 168 valence electrons. The maximum atomic E-state index is 12.9. The van der Waals surface area contributed by atoms with Gasteiger partial charge in [0.05, 0.1) is 28.3 Å².